The van der Waals surface area contributed by atoms with E-state index in [-0.39, 0.29) is 35.3 Å². The van der Waals surface area contributed by atoms with Crippen LogP contribution in [0.25, 0.3) is 22.3 Å². The fourth-order valence-corrected chi connectivity index (χ4v) is 6.03. The summed E-state index contributed by atoms with van der Waals surface area (Å²) in [6, 6.07) is 33.8. The highest BCUT2D eigenvalue weighted by Gasteiger charge is 2.20. The van der Waals surface area contributed by atoms with E-state index in [1.54, 1.807) is 46.2 Å². The van der Waals surface area contributed by atoms with E-state index in [4.69, 9.17) is 35.2 Å². The highest BCUT2D eigenvalue weighted by Crippen LogP contribution is 2.27. The summed E-state index contributed by atoms with van der Waals surface area (Å²) in [5.41, 5.74) is 4.83. The Morgan fingerprint density at radius 2 is 1.20 bits per heavy atom. The van der Waals surface area contributed by atoms with Gasteiger partial charge in [0, 0.05) is 21.1 Å². The molecule has 2 aromatic heterocycles. The van der Waals surface area contributed by atoms with Crippen molar-refractivity contribution in [2.45, 2.75) is 27.1 Å². The van der Waals surface area contributed by atoms with Crippen molar-refractivity contribution in [1.29, 1.82) is 0 Å². The Morgan fingerprint density at radius 1 is 0.722 bits per heavy atom. The molecular weight excluding hydrogens is 708 g/mol. The van der Waals surface area contributed by atoms with Gasteiger partial charge in [-0.1, -0.05) is 96.5 Å². The standard InChI is InChI=1S/C41H39ClN6O6/c1-28-37(40(49)46(4)53-28)34-22-14-12-16-30(34)25-51-27-43-48(33-20-10-7-11-21-33)24-36(42)39(44-45(3)32-18-8-6-9-19-32)52-26-31-17-13-15-23-35(31)38-29(2)54-47(5)41(38)50/h6-24,27H,25-26H2,1-5H3/b36-24?,43-27+,44-39+. The summed E-state index contributed by atoms with van der Waals surface area (Å²) in [5, 5.41) is 12.6. The van der Waals surface area contributed by atoms with Gasteiger partial charge in [-0.05, 0) is 60.4 Å². The van der Waals surface area contributed by atoms with E-state index < -0.39 is 0 Å². The van der Waals surface area contributed by atoms with E-state index in [0.717, 1.165) is 16.8 Å². The predicted octanol–water partition coefficient (Wildman–Crippen LogP) is 7.93. The number of rotatable bonds is 13. The number of hydrogen-bond donors (Lipinski definition) is 0. The lowest BCUT2D eigenvalue weighted by Crippen LogP contribution is -2.18. The van der Waals surface area contributed by atoms with Crippen LogP contribution < -0.4 is 21.1 Å². The van der Waals surface area contributed by atoms with Crippen LogP contribution in [0.5, 0.6) is 0 Å². The normalized spacial score (nSPS) is 12.0. The lowest BCUT2D eigenvalue weighted by Gasteiger charge is -2.19. The molecule has 0 saturated carbocycles. The molecule has 0 unspecified atom stereocenters. The summed E-state index contributed by atoms with van der Waals surface area (Å²) < 4.78 is 25.8. The SMILES string of the molecule is Cc1on(C)c(=O)c1-c1ccccc1CO/C=N/N(C=C(Cl)/C(=N\N(C)c1ccccc1)OCc1ccccc1-c1c(C)on(C)c1=O)c1ccccc1. The molecule has 276 valence electrons. The molecule has 13 heteroatoms. The fraction of sp³-hybridized carbons (Fsp3) is 0.171. The molecule has 0 atom stereocenters. The monoisotopic (exact) mass is 746 g/mol. The quantitative estimate of drug-likeness (QED) is 0.0664. The van der Waals surface area contributed by atoms with E-state index in [1.165, 1.54) is 20.9 Å². The molecule has 4 aromatic carbocycles. The summed E-state index contributed by atoms with van der Waals surface area (Å²) in [6.07, 6.45) is 2.88. The molecule has 0 spiro atoms. The first-order chi connectivity index (χ1) is 26.1. The van der Waals surface area contributed by atoms with Crippen LogP contribution in [0, 0.1) is 13.8 Å². The summed E-state index contributed by atoms with van der Waals surface area (Å²) >= 11 is 7.04. The van der Waals surface area contributed by atoms with Crippen LogP contribution in [-0.4, -0.2) is 28.8 Å². The molecule has 0 amide bonds. The first-order valence-electron chi connectivity index (χ1n) is 17.0. The van der Waals surface area contributed by atoms with Gasteiger partial charge in [-0.15, -0.1) is 10.2 Å². The van der Waals surface area contributed by atoms with Gasteiger partial charge < -0.3 is 18.5 Å². The summed E-state index contributed by atoms with van der Waals surface area (Å²) in [5.74, 6) is 1.10. The third-order valence-corrected chi connectivity index (χ3v) is 8.76. The first-order valence-corrected chi connectivity index (χ1v) is 17.4. The maximum atomic E-state index is 13.0. The van der Waals surface area contributed by atoms with Crippen molar-refractivity contribution in [2.75, 3.05) is 17.1 Å². The molecule has 54 heavy (non-hydrogen) atoms. The van der Waals surface area contributed by atoms with Gasteiger partial charge in [-0.25, -0.2) is 5.01 Å². The molecule has 0 N–H and O–H groups in total. The molecule has 0 fully saturated rings. The van der Waals surface area contributed by atoms with Crippen molar-refractivity contribution in [3.05, 3.63) is 164 Å². The zero-order valence-electron chi connectivity index (χ0n) is 30.5. The van der Waals surface area contributed by atoms with Gasteiger partial charge in [-0.2, -0.15) is 9.48 Å². The van der Waals surface area contributed by atoms with Crippen molar-refractivity contribution in [3.8, 4) is 22.3 Å². The third-order valence-electron chi connectivity index (χ3n) is 8.51. The van der Waals surface area contributed by atoms with Gasteiger partial charge in [0.1, 0.15) is 29.8 Å². The second kappa shape index (κ2) is 16.9. The zero-order valence-corrected chi connectivity index (χ0v) is 31.2. The summed E-state index contributed by atoms with van der Waals surface area (Å²) in [4.78, 5) is 25.8. The van der Waals surface area contributed by atoms with E-state index in [9.17, 15) is 9.59 Å². The predicted molar refractivity (Wildman–Crippen MR) is 211 cm³/mol. The van der Waals surface area contributed by atoms with E-state index in [1.807, 2.05) is 109 Å². The highest BCUT2D eigenvalue weighted by molar-refractivity contribution is 6.42. The number of benzene rings is 4. The largest absolute Gasteiger partial charge is 0.477 e. The number of hydrogen-bond acceptors (Lipinski definition) is 10. The van der Waals surface area contributed by atoms with Crippen LogP contribution in [0.3, 0.4) is 0 Å². The van der Waals surface area contributed by atoms with E-state index in [2.05, 4.69) is 5.10 Å². The molecule has 0 aliphatic heterocycles. The van der Waals surface area contributed by atoms with Crippen molar-refractivity contribution in [1.82, 2.24) is 9.48 Å². The minimum Gasteiger partial charge on any atom is -0.477 e. The van der Waals surface area contributed by atoms with Gasteiger partial charge in [0.05, 0.1) is 28.7 Å². The molecule has 0 radical (unpaired) electrons. The number of para-hydroxylation sites is 2. The minimum absolute atomic E-state index is 0.0336. The van der Waals surface area contributed by atoms with Gasteiger partial charge in [0.2, 0.25) is 0 Å². The number of nitrogens with zero attached hydrogens (tertiary/aromatic N) is 6. The summed E-state index contributed by atoms with van der Waals surface area (Å²) in [6.45, 7) is 3.67. The van der Waals surface area contributed by atoms with Crippen LogP contribution >= 0.6 is 11.6 Å². The Morgan fingerprint density at radius 3 is 1.72 bits per heavy atom. The van der Waals surface area contributed by atoms with Crippen molar-refractivity contribution < 1.29 is 18.5 Å². The molecular formula is C41H39ClN6O6. The van der Waals surface area contributed by atoms with Crippen molar-refractivity contribution in [2.24, 2.45) is 24.3 Å². The Hall–Kier alpha value is -6.53. The molecule has 6 rings (SSSR count). The number of ether oxygens (including phenoxy) is 2. The maximum Gasteiger partial charge on any atom is 0.290 e. The number of aryl methyl sites for hydroxylation is 4. The van der Waals surface area contributed by atoms with E-state index >= 15 is 0 Å². The number of anilines is 2. The highest BCUT2D eigenvalue weighted by atomic mass is 35.5. The van der Waals surface area contributed by atoms with Crippen LogP contribution in [0.15, 0.2) is 149 Å². The first kappa shape index (κ1) is 37.2. The smallest absolute Gasteiger partial charge is 0.290 e. The second-order valence-corrected chi connectivity index (χ2v) is 12.6. The number of aromatic nitrogens is 2. The molecule has 0 bridgehead atoms. The zero-order chi connectivity index (χ0) is 38.2. The molecule has 0 saturated heterocycles. The van der Waals surface area contributed by atoms with Crippen LogP contribution in [0.2, 0.25) is 0 Å². The van der Waals surface area contributed by atoms with Crippen LogP contribution in [0.4, 0.5) is 11.4 Å². The topological polar surface area (TPSA) is 120 Å². The van der Waals surface area contributed by atoms with Gasteiger partial charge in [0.25, 0.3) is 17.0 Å². The molecule has 0 aliphatic rings. The number of halogens is 1. The lowest BCUT2D eigenvalue weighted by atomic mass is 10.0. The molecule has 0 aliphatic carbocycles. The molecule has 6 aromatic rings. The third kappa shape index (κ3) is 8.40. The Kier molecular flexibility index (Phi) is 11.6. The Labute approximate surface area is 316 Å². The fourth-order valence-electron chi connectivity index (χ4n) is 5.85. The second-order valence-electron chi connectivity index (χ2n) is 12.2. The van der Waals surface area contributed by atoms with E-state index in [0.29, 0.717) is 39.5 Å². The summed E-state index contributed by atoms with van der Waals surface area (Å²) in [7, 11) is 4.94. The number of hydrazone groups is 2. The van der Waals surface area contributed by atoms with Gasteiger partial charge in [0.15, 0.2) is 6.40 Å². The average molecular weight is 747 g/mol. The Bertz CT molecular complexity index is 2430. The molecule has 12 nitrogen and oxygen atoms in total. The van der Waals surface area contributed by atoms with Crippen LogP contribution in [-0.2, 0) is 36.8 Å². The maximum absolute atomic E-state index is 13.0. The average Bonchev–Trinajstić information content (AvgIpc) is 3.60. The lowest BCUT2D eigenvalue weighted by molar-refractivity contribution is 0.283. The minimum atomic E-state index is -0.251. The van der Waals surface area contributed by atoms with Gasteiger partial charge >= 0.3 is 0 Å². The Balaban J connectivity index is 1.30. The van der Waals surface area contributed by atoms with Crippen molar-refractivity contribution in [3.63, 3.8) is 0 Å². The van der Waals surface area contributed by atoms with Crippen molar-refractivity contribution >= 4 is 35.3 Å². The van der Waals surface area contributed by atoms with Crippen LogP contribution in [0.1, 0.15) is 22.6 Å². The van der Waals surface area contributed by atoms with Gasteiger partial charge in [-0.3, -0.25) is 14.6 Å². The molecule has 2 heterocycles.